The van der Waals surface area contributed by atoms with Gasteiger partial charge in [0, 0.05) is 24.7 Å². The minimum absolute atomic E-state index is 0.765. The van der Waals surface area contributed by atoms with E-state index in [1.807, 2.05) is 18.2 Å². The molecule has 3 nitrogen and oxygen atoms in total. The molecule has 1 N–H and O–H groups in total. The van der Waals surface area contributed by atoms with Crippen molar-refractivity contribution in [2.45, 2.75) is 20.0 Å². The summed E-state index contributed by atoms with van der Waals surface area (Å²) in [6.45, 7) is 3.72. The number of aryl methyl sites for hydroxylation is 1. The number of hydrogen-bond acceptors (Lipinski definition) is 3. The third-order valence-corrected chi connectivity index (χ3v) is 3.22. The monoisotopic (exact) mass is 271 g/mol. The molecule has 0 aliphatic carbocycles. The second-order valence-corrected chi connectivity index (χ2v) is 4.77. The van der Waals surface area contributed by atoms with Gasteiger partial charge in [-0.1, -0.05) is 35.9 Å². The molecule has 0 atom stereocenters. The van der Waals surface area contributed by atoms with Crippen LogP contribution in [-0.2, 0) is 13.1 Å². The van der Waals surface area contributed by atoms with Crippen LogP contribution in [0.3, 0.4) is 0 Å². The molecule has 0 aromatic heterocycles. The van der Waals surface area contributed by atoms with Crippen molar-refractivity contribution in [1.82, 2.24) is 5.32 Å². The first-order valence-corrected chi connectivity index (χ1v) is 6.70. The average Bonchev–Trinajstić information content (AvgIpc) is 2.47. The maximum absolute atomic E-state index is 5.39. The number of nitrogens with one attached hydrogen (secondary N) is 1. The molecule has 2 rings (SSSR count). The first-order valence-electron chi connectivity index (χ1n) is 6.70. The summed E-state index contributed by atoms with van der Waals surface area (Å²) in [5, 5.41) is 3.44. The summed E-state index contributed by atoms with van der Waals surface area (Å²) in [7, 11) is 3.34. The fourth-order valence-corrected chi connectivity index (χ4v) is 2.16. The molecule has 0 amide bonds. The van der Waals surface area contributed by atoms with Crippen molar-refractivity contribution < 1.29 is 9.47 Å². The highest BCUT2D eigenvalue weighted by atomic mass is 16.5. The van der Waals surface area contributed by atoms with E-state index in [-0.39, 0.29) is 0 Å². The Morgan fingerprint density at radius 3 is 2.50 bits per heavy atom. The lowest BCUT2D eigenvalue weighted by atomic mass is 10.1. The lowest BCUT2D eigenvalue weighted by Gasteiger charge is -2.11. The third kappa shape index (κ3) is 3.75. The Morgan fingerprint density at radius 2 is 1.80 bits per heavy atom. The molecule has 0 fully saturated rings. The zero-order chi connectivity index (χ0) is 14.4. The third-order valence-electron chi connectivity index (χ3n) is 3.22. The van der Waals surface area contributed by atoms with Crippen LogP contribution < -0.4 is 14.8 Å². The van der Waals surface area contributed by atoms with Gasteiger partial charge in [-0.3, -0.25) is 0 Å². The molecule has 0 aliphatic rings. The van der Waals surface area contributed by atoms with Crippen LogP contribution in [0, 0.1) is 6.92 Å². The number of methoxy groups -OCH3 is 2. The Kier molecular flexibility index (Phi) is 5.02. The topological polar surface area (TPSA) is 30.5 Å². The van der Waals surface area contributed by atoms with Gasteiger partial charge in [0.05, 0.1) is 14.2 Å². The lowest BCUT2D eigenvalue weighted by Crippen LogP contribution is -2.13. The van der Waals surface area contributed by atoms with Gasteiger partial charge in [-0.2, -0.15) is 0 Å². The van der Waals surface area contributed by atoms with Crippen molar-refractivity contribution >= 4 is 0 Å². The normalized spacial score (nSPS) is 10.3. The smallest absolute Gasteiger partial charge is 0.127 e. The molecule has 0 saturated carbocycles. The molecule has 20 heavy (non-hydrogen) atoms. The Hall–Kier alpha value is -2.00. The van der Waals surface area contributed by atoms with Crippen LogP contribution in [0.1, 0.15) is 16.7 Å². The second-order valence-electron chi connectivity index (χ2n) is 4.77. The maximum Gasteiger partial charge on any atom is 0.127 e. The Balaban J connectivity index is 1.97. The molecule has 3 heteroatoms. The molecule has 0 saturated heterocycles. The van der Waals surface area contributed by atoms with Gasteiger partial charge in [-0.15, -0.1) is 0 Å². The molecule has 106 valence electrons. The predicted octanol–water partition coefficient (Wildman–Crippen LogP) is 3.30. The molecule has 0 bridgehead atoms. The van der Waals surface area contributed by atoms with Gasteiger partial charge in [-0.05, 0) is 18.6 Å². The molecular weight excluding hydrogens is 250 g/mol. The zero-order valence-corrected chi connectivity index (χ0v) is 12.3. The van der Waals surface area contributed by atoms with Crippen LogP contribution in [-0.4, -0.2) is 14.2 Å². The van der Waals surface area contributed by atoms with Crippen LogP contribution in [0.2, 0.25) is 0 Å². The van der Waals surface area contributed by atoms with Crippen molar-refractivity contribution in [2.24, 2.45) is 0 Å². The minimum Gasteiger partial charge on any atom is -0.497 e. The molecule has 0 aliphatic heterocycles. The minimum atomic E-state index is 0.765. The van der Waals surface area contributed by atoms with Crippen LogP contribution in [0.15, 0.2) is 42.5 Å². The molecule has 0 spiro atoms. The fraction of sp³-hybridized carbons (Fsp3) is 0.294. The van der Waals surface area contributed by atoms with E-state index in [0.29, 0.717) is 0 Å². The van der Waals surface area contributed by atoms with Crippen molar-refractivity contribution in [2.75, 3.05) is 14.2 Å². The highest BCUT2D eigenvalue weighted by Crippen LogP contribution is 2.24. The number of hydrogen-bond donors (Lipinski definition) is 1. The number of benzene rings is 2. The summed E-state index contributed by atoms with van der Waals surface area (Å²) in [4.78, 5) is 0. The van der Waals surface area contributed by atoms with Gasteiger partial charge in [0.1, 0.15) is 11.5 Å². The average molecular weight is 271 g/mol. The van der Waals surface area contributed by atoms with Crippen LogP contribution in [0.5, 0.6) is 11.5 Å². The van der Waals surface area contributed by atoms with Crippen molar-refractivity contribution in [3.63, 3.8) is 0 Å². The molecule has 2 aromatic rings. The fourth-order valence-electron chi connectivity index (χ4n) is 2.16. The Bertz CT molecular complexity index is 567. The molecule has 0 heterocycles. The molecular formula is C17H21NO2. The van der Waals surface area contributed by atoms with Gasteiger partial charge in [-0.25, -0.2) is 0 Å². The van der Waals surface area contributed by atoms with Crippen LogP contribution >= 0.6 is 0 Å². The van der Waals surface area contributed by atoms with E-state index in [1.54, 1.807) is 14.2 Å². The highest BCUT2D eigenvalue weighted by molar-refractivity contribution is 5.40. The van der Waals surface area contributed by atoms with Crippen LogP contribution in [0.25, 0.3) is 0 Å². The summed E-state index contributed by atoms with van der Waals surface area (Å²) < 4.78 is 10.6. The van der Waals surface area contributed by atoms with Gasteiger partial charge >= 0.3 is 0 Å². The molecule has 0 unspecified atom stereocenters. The molecule has 0 radical (unpaired) electrons. The summed E-state index contributed by atoms with van der Waals surface area (Å²) in [5.41, 5.74) is 3.70. The maximum atomic E-state index is 5.39. The quantitative estimate of drug-likeness (QED) is 0.874. The molecule has 2 aromatic carbocycles. The summed E-state index contributed by atoms with van der Waals surface area (Å²) in [6.07, 6.45) is 0. The summed E-state index contributed by atoms with van der Waals surface area (Å²) >= 11 is 0. The Labute approximate surface area is 120 Å². The van der Waals surface area contributed by atoms with Gasteiger partial charge in [0.2, 0.25) is 0 Å². The summed E-state index contributed by atoms with van der Waals surface area (Å²) in [5.74, 6) is 1.66. The van der Waals surface area contributed by atoms with Gasteiger partial charge in [0.15, 0.2) is 0 Å². The van der Waals surface area contributed by atoms with E-state index in [2.05, 4.69) is 36.5 Å². The Morgan fingerprint density at radius 1 is 0.950 bits per heavy atom. The standard InChI is InChI=1S/C17H21NO2/c1-13-5-4-6-14(9-13)11-18-12-15-7-8-16(19-2)10-17(15)20-3/h4-10,18H,11-12H2,1-3H3. The number of rotatable bonds is 6. The van der Waals surface area contributed by atoms with Crippen LogP contribution in [0.4, 0.5) is 0 Å². The highest BCUT2D eigenvalue weighted by Gasteiger charge is 2.04. The predicted molar refractivity (Wildman–Crippen MR) is 81.3 cm³/mol. The first-order chi connectivity index (χ1) is 9.72. The zero-order valence-electron chi connectivity index (χ0n) is 12.3. The van der Waals surface area contributed by atoms with E-state index in [9.17, 15) is 0 Å². The van der Waals surface area contributed by atoms with E-state index in [0.717, 1.165) is 30.2 Å². The first kappa shape index (κ1) is 14.4. The second kappa shape index (κ2) is 6.96. The van der Waals surface area contributed by atoms with Crippen molar-refractivity contribution in [1.29, 1.82) is 0 Å². The van der Waals surface area contributed by atoms with Crippen molar-refractivity contribution in [3.05, 3.63) is 59.2 Å². The summed E-state index contributed by atoms with van der Waals surface area (Å²) in [6, 6.07) is 14.4. The van der Waals surface area contributed by atoms with E-state index >= 15 is 0 Å². The lowest BCUT2D eigenvalue weighted by molar-refractivity contribution is 0.390. The number of ether oxygens (including phenoxy) is 2. The van der Waals surface area contributed by atoms with Crippen molar-refractivity contribution in [3.8, 4) is 11.5 Å². The van der Waals surface area contributed by atoms with E-state index < -0.39 is 0 Å². The van der Waals surface area contributed by atoms with E-state index in [1.165, 1.54) is 11.1 Å². The van der Waals surface area contributed by atoms with Gasteiger partial charge < -0.3 is 14.8 Å². The largest absolute Gasteiger partial charge is 0.497 e. The SMILES string of the molecule is COc1ccc(CNCc2cccc(C)c2)c(OC)c1. The van der Waals surface area contributed by atoms with Gasteiger partial charge in [0.25, 0.3) is 0 Å². The van der Waals surface area contributed by atoms with E-state index in [4.69, 9.17) is 9.47 Å².